The lowest BCUT2D eigenvalue weighted by Gasteiger charge is -2.22. The molecule has 1 atom stereocenters. The number of ether oxygens (including phenoxy) is 1. The van der Waals surface area contributed by atoms with Gasteiger partial charge in [0.05, 0.1) is 23.1 Å². The van der Waals surface area contributed by atoms with Crippen molar-refractivity contribution in [2.45, 2.75) is 36.7 Å². The second-order valence-corrected chi connectivity index (χ2v) is 6.49. The number of benzene rings is 1. The summed E-state index contributed by atoms with van der Waals surface area (Å²) in [6.45, 7) is 0.618. The first-order valence-corrected chi connectivity index (χ1v) is 8.15. The first kappa shape index (κ1) is 15.9. The van der Waals surface area contributed by atoms with Crippen LogP contribution in [-0.2, 0) is 19.6 Å². The van der Waals surface area contributed by atoms with Gasteiger partial charge in [0.1, 0.15) is 5.82 Å². The summed E-state index contributed by atoms with van der Waals surface area (Å²) in [6, 6.07) is 3.00. The summed E-state index contributed by atoms with van der Waals surface area (Å²) in [4.78, 5) is 11.6. The van der Waals surface area contributed by atoms with Crippen molar-refractivity contribution in [1.29, 1.82) is 0 Å². The number of carbonyl (C=O) groups is 1. The zero-order valence-corrected chi connectivity index (χ0v) is 12.2. The molecule has 116 valence electrons. The number of primary sulfonamides is 1. The molecule has 1 aliphatic rings. The van der Waals surface area contributed by atoms with Crippen LogP contribution in [0.4, 0.5) is 10.1 Å². The van der Waals surface area contributed by atoms with Crippen LogP contribution in [0.5, 0.6) is 0 Å². The molecule has 21 heavy (non-hydrogen) atoms. The molecule has 0 bridgehead atoms. The SMILES string of the molecule is NS(=O)(=O)c1ccc(F)c(NC(=O)CC2CCCCO2)c1. The van der Waals surface area contributed by atoms with E-state index < -0.39 is 21.7 Å². The third kappa shape index (κ3) is 4.48. The van der Waals surface area contributed by atoms with Gasteiger partial charge in [-0.1, -0.05) is 0 Å². The lowest BCUT2D eigenvalue weighted by molar-refractivity contribution is -0.119. The topological polar surface area (TPSA) is 98.5 Å². The quantitative estimate of drug-likeness (QED) is 0.876. The summed E-state index contributed by atoms with van der Waals surface area (Å²) in [5, 5.41) is 7.33. The number of sulfonamides is 1. The predicted molar refractivity (Wildman–Crippen MR) is 74.6 cm³/mol. The van der Waals surface area contributed by atoms with Gasteiger partial charge in [0.25, 0.3) is 0 Å². The van der Waals surface area contributed by atoms with E-state index in [2.05, 4.69) is 5.32 Å². The average Bonchev–Trinajstić information content (AvgIpc) is 2.41. The van der Waals surface area contributed by atoms with E-state index in [4.69, 9.17) is 9.88 Å². The van der Waals surface area contributed by atoms with Crippen LogP contribution in [0, 0.1) is 5.82 Å². The number of amides is 1. The van der Waals surface area contributed by atoms with Crippen molar-refractivity contribution in [2.24, 2.45) is 5.14 Å². The molecule has 1 heterocycles. The molecule has 0 spiro atoms. The number of carbonyl (C=O) groups excluding carboxylic acids is 1. The fourth-order valence-corrected chi connectivity index (χ4v) is 2.69. The normalized spacial score (nSPS) is 19.2. The Hall–Kier alpha value is -1.51. The third-order valence-electron chi connectivity index (χ3n) is 3.23. The molecule has 3 N–H and O–H groups in total. The van der Waals surface area contributed by atoms with Crippen LogP contribution in [-0.4, -0.2) is 27.0 Å². The van der Waals surface area contributed by atoms with E-state index in [1.807, 2.05) is 0 Å². The predicted octanol–water partition coefficient (Wildman–Crippen LogP) is 1.37. The Labute approximate surface area is 122 Å². The van der Waals surface area contributed by atoms with Gasteiger partial charge in [-0.15, -0.1) is 0 Å². The van der Waals surface area contributed by atoms with Crippen molar-refractivity contribution in [3.63, 3.8) is 0 Å². The summed E-state index contributed by atoms with van der Waals surface area (Å²) in [5.41, 5.74) is -0.206. The lowest BCUT2D eigenvalue weighted by Crippen LogP contribution is -2.26. The van der Waals surface area contributed by atoms with Gasteiger partial charge >= 0.3 is 0 Å². The fourth-order valence-electron chi connectivity index (χ4n) is 2.15. The van der Waals surface area contributed by atoms with Gasteiger partial charge in [0.2, 0.25) is 15.9 Å². The number of nitrogens with two attached hydrogens (primary N) is 1. The van der Waals surface area contributed by atoms with Gasteiger partial charge in [0.15, 0.2) is 0 Å². The molecule has 1 aliphatic heterocycles. The van der Waals surface area contributed by atoms with Gasteiger partial charge in [-0.25, -0.2) is 17.9 Å². The highest BCUT2D eigenvalue weighted by Crippen LogP contribution is 2.20. The minimum Gasteiger partial charge on any atom is -0.378 e. The molecule has 8 heteroatoms. The lowest BCUT2D eigenvalue weighted by atomic mass is 10.1. The van der Waals surface area contributed by atoms with E-state index in [1.165, 1.54) is 0 Å². The number of hydrogen-bond acceptors (Lipinski definition) is 4. The van der Waals surface area contributed by atoms with Crippen LogP contribution in [0.2, 0.25) is 0 Å². The Kier molecular flexibility index (Phi) is 4.92. The molecule has 2 rings (SSSR count). The average molecular weight is 316 g/mol. The van der Waals surface area contributed by atoms with E-state index >= 15 is 0 Å². The number of anilines is 1. The highest BCUT2D eigenvalue weighted by Gasteiger charge is 2.19. The van der Waals surface area contributed by atoms with Crippen molar-refractivity contribution in [3.8, 4) is 0 Å². The summed E-state index contributed by atoms with van der Waals surface area (Å²) in [7, 11) is -3.95. The minimum atomic E-state index is -3.95. The van der Waals surface area contributed by atoms with Gasteiger partial charge in [-0.2, -0.15) is 0 Å². The first-order valence-electron chi connectivity index (χ1n) is 6.60. The smallest absolute Gasteiger partial charge is 0.238 e. The molecule has 1 aromatic rings. The van der Waals surface area contributed by atoms with E-state index in [9.17, 15) is 17.6 Å². The van der Waals surface area contributed by atoms with Gasteiger partial charge in [-0.3, -0.25) is 4.79 Å². The zero-order valence-electron chi connectivity index (χ0n) is 11.3. The standard InChI is InChI=1S/C13H17FN2O4S/c14-11-5-4-10(21(15,18)19)8-12(11)16-13(17)7-9-3-1-2-6-20-9/h4-5,8-9H,1-3,6-7H2,(H,16,17)(H2,15,18,19). The molecule has 1 unspecified atom stereocenters. The molecule has 0 radical (unpaired) electrons. The van der Waals surface area contributed by atoms with Crippen molar-refractivity contribution in [2.75, 3.05) is 11.9 Å². The maximum atomic E-state index is 13.6. The number of hydrogen-bond donors (Lipinski definition) is 2. The molecule has 1 fully saturated rings. The summed E-state index contributed by atoms with van der Waals surface area (Å²) < 4.78 is 41.5. The maximum Gasteiger partial charge on any atom is 0.238 e. The Bertz CT molecular complexity index is 627. The van der Waals surface area contributed by atoms with Crippen molar-refractivity contribution < 1.29 is 22.3 Å². The van der Waals surface area contributed by atoms with Crippen LogP contribution in [0.1, 0.15) is 25.7 Å². The number of halogens is 1. The van der Waals surface area contributed by atoms with E-state index in [0.29, 0.717) is 6.61 Å². The molecule has 0 saturated carbocycles. The first-order chi connectivity index (χ1) is 9.86. The maximum absolute atomic E-state index is 13.6. The van der Waals surface area contributed by atoms with Gasteiger partial charge in [0, 0.05) is 6.61 Å². The molecule has 1 saturated heterocycles. The zero-order chi connectivity index (χ0) is 15.5. The second kappa shape index (κ2) is 6.50. The Balaban J connectivity index is 2.06. The molecule has 6 nitrogen and oxygen atoms in total. The van der Waals surface area contributed by atoms with Crippen LogP contribution in [0.25, 0.3) is 0 Å². The summed E-state index contributed by atoms with van der Waals surface area (Å²) in [5.74, 6) is -1.15. The van der Waals surface area contributed by atoms with Gasteiger partial charge in [-0.05, 0) is 37.5 Å². The molecular weight excluding hydrogens is 299 g/mol. The monoisotopic (exact) mass is 316 g/mol. The van der Waals surface area contributed by atoms with Crippen molar-refractivity contribution >= 4 is 21.6 Å². The van der Waals surface area contributed by atoms with Crippen LogP contribution in [0.15, 0.2) is 23.1 Å². The molecule has 0 aromatic heterocycles. The largest absolute Gasteiger partial charge is 0.378 e. The van der Waals surface area contributed by atoms with Crippen LogP contribution < -0.4 is 10.5 Å². The van der Waals surface area contributed by atoms with Crippen molar-refractivity contribution in [3.05, 3.63) is 24.0 Å². The molecular formula is C13H17FN2O4S. The highest BCUT2D eigenvalue weighted by atomic mass is 32.2. The van der Waals surface area contributed by atoms with Crippen LogP contribution >= 0.6 is 0 Å². The molecule has 1 amide bonds. The van der Waals surface area contributed by atoms with E-state index in [-0.39, 0.29) is 23.1 Å². The van der Waals surface area contributed by atoms with Crippen molar-refractivity contribution in [1.82, 2.24) is 0 Å². The molecule has 1 aromatic carbocycles. The Morgan fingerprint density at radius 1 is 1.43 bits per heavy atom. The highest BCUT2D eigenvalue weighted by molar-refractivity contribution is 7.89. The number of rotatable bonds is 4. The van der Waals surface area contributed by atoms with Gasteiger partial charge < -0.3 is 10.1 Å². The Morgan fingerprint density at radius 3 is 2.81 bits per heavy atom. The van der Waals surface area contributed by atoms with E-state index in [0.717, 1.165) is 37.5 Å². The Morgan fingerprint density at radius 2 is 2.19 bits per heavy atom. The second-order valence-electron chi connectivity index (χ2n) is 4.93. The fraction of sp³-hybridized carbons (Fsp3) is 0.462. The molecule has 0 aliphatic carbocycles. The minimum absolute atomic E-state index is 0.110. The number of nitrogens with one attached hydrogen (secondary N) is 1. The summed E-state index contributed by atoms with van der Waals surface area (Å²) in [6.07, 6.45) is 2.69. The van der Waals surface area contributed by atoms with E-state index in [1.54, 1.807) is 0 Å². The third-order valence-corrected chi connectivity index (χ3v) is 4.14. The summed E-state index contributed by atoms with van der Waals surface area (Å²) >= 11 is 0. The van der Waals surface area contributed by atoms with Crippen LogP contribution in [0.3, 0.4) is 0 Å².